The molecule has 0 saturated carbocycles. The van der Waals surface area contributed by atoms with Gasteiger partial charge in [-0.15, -0.1) is 0 Å². The van der Waals surface area contributed by atoms with Gasteiger partial charge in [0.25, 0.3) is 10.1 Å². The first-order valence-electron chi connectivity index (χ1n) is 15.3. The molecule has 1 amide bonds. The summed E-state index contributed by atoms with van der Waals surface area (Å²) in [5, 5.41) is 0. The highest BCUT2D eigenvalue weighted by molar-refractivity contribution is 7.89. The fourth-order valence-electron chi connectivity index (χ4n) is 6.56. The Hall–Kier alpha value is -2.56. The van der Waals surface area contributed by atoms with Crippen LogP contribution in [0.4, 0.5) is 13.2 Å². The Morgan fingerprint density at radius 2 is 1.54 bits per heavy atom. The second-order valence-corrected chi connectivity index (χ2v) is 15.8. The number of halogens is 3. The molecular formula is C31H42F3N3O7S2. The number of fused-ring (bicyclic) bond motifs is 2. The number of nitrogens with two attached hydrogens (primary N) is 1. The van der Waals surface area contributed by atoms with Crippen LogP contribution in [0.3, 0.4) is 0 Å². The Labute approximate surface area is 268 Å². The highest BCUT2D eigenvalue weighted by Gasteiger charge is 2.47. The van der Waals surface area contributed by atoms with E-state index in [-0.39, 0.29) is 59.0 Å². The van der Waals surface area contributed by atoms with Crippen LogP contribution in [0.2, 0.25) is 0 Å². The van der Waals surface area contributed by atoms with Crippen molar-refractivity contribution in [1.29, 1.82) is 0 Å². The standard InChI is InChI=1S/C24H34F3N3O4S.C7H8O3S/c1-29(24(31)15-4-7-34-8-5-15)6-9-35(32,33)30-18-2-3-19(30)11-17(10-18)23(28)13-16-12-21(26)22(27)14-20(16)25;1-6-2-4-7(5-3-6)11(8,9)10/h12,14-15,17-19,23H,2-11,13,28H2,1H3;2-5H,1H3,(H,8,9,10)/t17?,18?,19?,23-;/m1./s1. The smallest absolute Gasteiger partial charge is 0.294 e. The third-order valence-electron chi connectivity index (χ3n) is 9.12. The summed E-state index contributed by atoms with van der Waals surface area (Å²) >= 11 is 0. The summed E-state index contributed by atoms with van der Waals surface area (Å²) in [7, 11) is -5.96. The van der Waals surface area contributed by atoms with Gasteiger partial charge in [-0.1, -0.05) is 17.7 Å². The molecule has 3 aliphatic rings. The molecule has 0 aliphatic carbocycles. The van der Waals surface area contributed by atoms with Gasteiger partial charge in [0.15, 0.2) is 11.6 Å². The summed E-state index contributed by atoms with van der Waals surface area (Å²) < 4.78 is 104. The number of carbonyl (C=O) groups is 1. The van der Waals surface area contributed by atoms with E-state index in [1.807, 2.05) is 6.92 Å². The van der Waals surface area contributed by atoms with Crippen molar-refractivity contribution in [3.63, 3.8) is 0 Å². The van der Waals surface area contributed by atoms with Crippen LogP contribution in [-0.4, -0.2) is 87.2 Å². The Balaban J connectivity index is 0.000000369. The first-order valence-corrected chi connectivity index (χ1v) is 18.4. The number of rotatable bonds is 9. The molecule has 2 aromatic rings. The van der Waals surface area contributed by atoms with Gasteiger partial charge in [-0.2, -0.15) is 12.7 Å². The second kappa shape index (κ2) is 15.1. The minimum Gasteiger partial charge on any atom is -0.381 e. The normalized spacial score (nSPS) is 23.0. The van der Waals surface area contributed by atoms with Crippen molar-refractivity contribution in [1.82, 2.24) is 9.21 Å². The van der Waals surface area contributed by atoms with Crippen LogP contribution in [0.5, 0.6) is 0 Å². The van der Waals surface area contributed by atoms with Crippen molar-refractivity contribution >= 4 is 26.0 Å². The summed E-state index contributed by atoms with van der Waals surface area (Å²) in [6.45, 7) is 3.07. The molecule has 2 aromatic carbocycles. The molecule has 0 aromatic heterocycles. The molecule has 2 unspecified atom stereocenters. The van der Waals surface area contributed by atoms with Gasteiger partial charge in [-0.05, 0) is 81.5 Å². The third kappa shape index (κ3) is 9.07. The molecule has 256 valence electrons. The second-order valence-electron chi connectivity index (χ2n) is 12.4. The van der Waals surface area contributed by atoms with Crippen molar-refractivity contribution in [2.24, 2.45) is 17.6 Å². The number of hydrogen-bond acceptors (Lipinski definition) is 7. The zero-order valence-corrected chi connectivity index (χ0v) is 27.6. The number of amides is 1. The molecule has 3 aliphatic heterocycles. The summed E-state index contributed by atoms with van der Waals surface area (Å²) in [4.78, 5) is 14.1. The Kier molecular flexibility index (Phi) is 11.9. The lowest BCUT2D eigenvalue weighted by Crippen LogP contribution is -2.51. The van der Waals surface area contributed by atoms with Gasteiger partial charge in [-0.25, -0.2) is 21.6 Å². The van der Waals surface area contributed by atoms with Gasteiger partial charge in [-0.3, -0.25) is 9.35 Å². The van der Waals surface area contributed by atoms with E-state index in [1.54, 1.807) is 23.5 Å². The number of aryl methyl sites for hydroxylation is 1. The highest BCUT2D eigenvalue weighted by Crippen LogP contribution is 2.42. The van der Waals surface area contributed by atoms with E-state index < -0.39 is 43.6 Å². The van der Waals surface area contributed by atoms with E-state index in [4.69, 9.17) is 15.0 Å². The molecule has 3 saturated heterocycles. The summed E-state index contributed by atoms with van der Waals surface area (Å²) in [6, 6.07) is 6.48. The first kappa shape index (κ1) is 36.3. The minimum atomic E-state index is -4.02. The number of sulfonamides is 1. The maximum Gasteiger partial charge on any atom is 0.294 e. The number of carbonyl (C=O) groups excluding carboxylic acids is 1. The summed E-state index contributed by atoms with van der Waals surface area (Å²) in [5.41, 5.74) is 7.32. The molecule has 5 rings (SSSR count). The predicted molar refractivity (Wildman–Crippen MR) is 165 cm³/mol. The van der Waals surface area contributed by atoms with Crippen LogP contribution in [0.1, 0.15) is 49.7 Å². The molecule has 3 atom stereocenters. The maximum absolute atomic E-state index is 14.1. The molecule has 15 heteroatoms. The maximum atomic E-state index is 14.1. The zero-order valence-electron chi connectivity index (χ0n) is 25.9. The van der Waals surface area contributed by atoms with Crippen LogP contribution in [0.25, 0.3) is 0 Å². The van der Waals surface area contributed by atoms with Gasteiger partial charge >= 0.3 is 0 Å². The number of nitrogens with zero attached hydrogens (tertiary/aromatic N) is 2. The van der Waals surface area contributed by atoms with Gasteiger partial charge in [0.05, 0.1) is 10.6 Å². The van der Waals surface area contributed by atoms with E-state index in [0.717, 1.165) is 24.5 Å². The van der Waals surface area contributed by atoms with Crippen LogP contribution in [0.15, 0.2) is 41.3 Å². The number of benzene rings is 2. The van der Waals surface area contributed by atoms with Crippen molar-refractivity contribution in [3.05, 3.63) is 65.0 Å². The van der Waals surface area contributed by atoms with Crippen LogP contribution in [-0.2, 0) is 36.1 Å². The van der Waals surface area contributed by atoms with Gasteiger partial charge in [0.2, 0.25) is 15.9 Å². The largest absolute Gasteiger partial charge is 0.381 e. The zero-order chi connectivity index (χ0) is 33.8. The predicted octanol–water partition coefficient (Wildman–Crippen LogP) is 3.67. The van der Waals surface area contributed by atoms with Gasteiger partial charge in [0, 0.05) is 56.9 Å². The molecule has 10 nitrogen and oxygen atoms in total. The fraction of sp³-hybridized carbons (Fsp3) is 0.581. The van der Waals surface area contributed by atoms with Crippen LogP contribution >= 0.6 is 0 Å². The lowest BCUT2D eigenvalue weighted by molar-refractivity contribution is -0.136. The Bertz CT molecular complexity index is 1570. The summed E-state index contributed by atoms with van der Waals surface area (Å²) in [5.74, 6) is -3.54. The molecule has 46 heavy (non-hydrogen) atoms. The Morgan fingerprint density at radius 3 is 2.11 bits per heavy atom. The Morgan fingerprint density at radius 1 is 0.978 bits per heavy atom. The first-order chi connectivity index (χ1) is 21.6. The fourth-order valence-corrected chi connectivity index (χ4v) is 9.04. The van der Waals surface area contributed by atoms with E-state index in [9.17, 15) is 34.8 Å². The van der Waals surface area contributed by atoms with Crippen molar-refractivity contribution in [3.8, 4) is 0 Å². The molecule has 0 radical (unpaired) electrons. The van der Waals surface area contributed by atoms with E-state index >= 15 is 0 Å². The third-order valence-corrected chi connectivity index (χ3v) is 11.9. The topological polar surface area (TPSA) is 147 Å². The number of piperidine rings is 1. The van der Waals surface area contributed by atoms with Crippen molar-refractivity contribution < 1.29 is 44.1 Å². The van der Waals surface area contributed by atoms with Crippen molar-refractivity contribution in [2.45, 2.75) is 74.9 Å². The van der Waals surface area contributed by atoms with E-state index in [1.165, 1.54) is 17.0 Å². The van der Waals surface area contributed by atoms with Crippen LogP contribution in [0, 0.1) is 36.2 Å². The van der Waals surface area contributed by atoms with E-state index in [2.05, 4.69) is 0 Å². The molecular weight excluding hydrogens is 647 g/mol. The van der Waals surface area contributed by atoms with Crippen molar-refractivity contribution in [2.75, 3.05) is 32.6 Å². The molecule has 2 bridgehead atoms. The van der Waals surface area contributed by atoms with E-state index in [0.29, 0.717) is 45.0 Å². The average molecular weight is 690 g/mol. The quantitative estimate of drug-likeness (QED) is 0.300. The minimum absolute atomic E-state index is 0.0241. The monoisotopic (exact) mass is 689 g/mol. The highest BCUT2D eigenvalue weighted by atomic mass is 32.2. The van der Waals surface area contributed by atoms with Gasteiger partial charge in [0.1, 0.15) is 5.82 Å². The van der Waals surface area contributed by atoms with Crippen LogP contribution < -0.4 is 5.73 Å². The molecule has 0 spiro atoms. The number of hydrogen-bond donors (Lipinski definition) is 2. The molecule has 3 heterocycles. The number of ether oxygens (including phenoxy) is 1. The lowest BCUT2D eigenvalue weighted by atomic mass is 9.83. The molecule has 3 N–H and O–H groups in total. The molecule has 3 fully saturated rings. The SMILES string of the molecule is CN(CCS(=O)(=O)N1C2CCC1CC([C@H](N)Cc1cc(F)c(F)cc1F)C2)C(=O)C1CCOCC1.Cc1ccc(S(=O)(=O)O)cc1. The lowest BCUT2D eigenvalue weighted by Gasteiger charge is -2.40. The van der Waals surface area contributed by atoms with Gasteiger partial charge < -0.3 is 15.4 Å². The summed E-state index contributed by atoms with van der Waals surface area (Å²) in [6.07, 6.45) is 3.90. The average Bonchev–Trinajstić information content (AvgIpc) is 3.29.